The maximum absolute atomic E-state index is 13.6. The highest BCUT2D eigenvalue weighted by molar-refractivity contribution is 7.89. The lowest BCUT2D eigenvalue weighted by molar-refractivity contribution is 0.0986. The predicted molar refractivity (Wildman–Crippen MR) is 142 cm³/mol. The third-order valence-corrected chi connectivity index (χ3v) is 8.46. The van der Waals surface area contributed by atoms with Gasteiger partial charge in [0.05, 0.1) is 21.4 Å². The summed E-state index contributed by atoms with van der Waals surface area (Å²) in [6.07, 6.45) is 6.94. The first kappa shape index (κ1) is 26.8. The van der Waals surface area contributed by atoms with Crippen LogP contribution in [0.5, 0.6) is 0 Å². The van der Waals surface area contributed by atoms with Crippen molar-refractivity contribution in [3.05, 3.63) is 72.3 Å². The van der Waals surface area contributed by atoms with E-state index in [4.69, 9.17) is 4.98 Å². The zero-order valence-corrected chi connectivity index (χ0v) is 22.2. The normalized spacial score (nSPS) is 11.5. The van der Waals surface area contributed by atoms with E-state index in [9.17, 15) is 13.2 Å². The van der Waals surface area contributed by atoms with Crippen LogP contribution >= 0.6 is 23.7 Å². The number of hydrogen-bond donors (Lipinski definition) is 0. The fourth-order valence-electron chi connectivity index (χ4n) is 3.65. The maximum atomic E-state index is 13.6. The number of thiazole rings is 1. The van der Waals surface area contributed by atoms with Crippen LogP contribution in [0, 0.1) is 0 Å². The Morgan fingerprint density at radius 1 is 1.11 bits per heavy atom. The standard InChI is InChI=1S/C24H27N5O3S2.ClH/c1-4-18-7-5-8-21-22(18)26-24(33-21)29(15-6-14-28-16-13-25-17-28)23(30)19-9-11-20(12-10-19)34(31,32)27(2)3;/h5,7-13,16-17H,4,6,14-15H2,1-3H3;1H. The van der Waals surface area contributed by atoms with Gasteiger partial charge in [-0.2, -0.15) is 0 Å². The van der Waals surface area contributed by atoms with Crippen LogP contribution in [-0.4, -0.2) is 53.8 Å². The van der Waals surface area contributed by atoms with E-state index in [-0.39, 0.29) is 23.2 Å². The quantitative estimate of drug-likeness (QED) is 0.317. The van der Waals surface area contributed by atoms with Gasteiger partial charge < -0.3 is 4.57 Å². The van der Waals surface area contributed by atoms with E-state index in [1.165, 1.54) is 37.6 Å². The number of imidazole rings is 1. The van der Waals surface area contributed by atoms with Gasteiger partial charge >= 0.3 is 0 Å². The summed E-state index contributed by atoms with van der Waals surface area (Å²) in [6.45, 7) is 3.27. The summed E-state index contributed by atoms with van der Waals surface area (Å²) >= 11 is 1.49. The Hall–Kier alpha value is -2.79. The highest BCUT2D eigenvalue weighted by atomic mass is 35.5. The highest BCUT2D eigenvalue weighted by Crippen LogP contribution is 2.32. The number of amides is 1. The molecule has 0 unspecified atom stereocenters. The van der Waals surface area contributed by atoms with Crippen molar-refractivity contribution < 1.29 is 13.2 Å². The highest BCUT2D eigenvalue weighted by Gasteiger charge is 2.23. The molecule has 2 aromatic carbocycles. The van der Waals surface area contributed by atoms with Crippen LogP contribution in [0.15, 0.2) is 66.1 Å². The van der Waals surface area contributed by atoms with Gasteiger partial charge in [0.2, 0.25) is 10.0 Å². The predicted octanol–water partition coefficient (Wildman–Crippen LogP) is 4.46. The molecule has 0 aliphatic heterocycles. The van der Waals surface area contributed by atoms with Gasteiger partial charge in [0, 0.05) is 45.1 Å². The van der Waals surface area contributed by atoms with Gasteiger partial charge in [0.15, 0.2) is 5.13 Å². The first-order chi connectivity index (χ1) is 16.3. The van der Waals surface area contributed by atoms with Gasteiger partial charge in [-0.3, -0.25) is 9.69 Å². The SMILES string of the molecule is CCc1cccc2sc(N(CCCn3ccnc3)C(=O)c3ccc(S(=O)(=O)N(C)C)cc3)nc12.Cl. The second-order valence-corrected chi connectivity index (χ2v) is 11.2. The number of rotatable bonds is 9. The van der Waals surface area contributed by atoms with Crippen LogP contribution in [0.25, 0.3) is 10.2 Å². The second kappa shape index (κ2) is 11.3. The van der Waals surface area contributed by atoms with Gasteiger partial charge in [-0.1, -0.05) is 30.4 Å². The van der Waals surface area contributed by atoms with Crippen LogP contribution in [0.4, 0.5) is 5.13 Å². The van der Waals surface area contributed by atoms with Gasteiger partial charge in [-0.15, -0.1) is 12.4 Å². The van der Waals surface area contributed by atoms with E-state index in [0.29, 0.717) is 23.7 Å². The number of benzene rings is 2. The average Bonchev–Trinajstić information content (AvgIpc) is 3.51. The molecule has 8 nitrogen and oxygen atoms in total. The van der Waals surface area contributed by atoms with Crippen molar-refractivity contribution in [3.8, 4) is 0 Å². The van der Waals surface area contributed by atoms with Crippen molar-refractivity contribution in [1.29, 1.82) is 0 Å². The summed E-state index contributed by atoms with van der Waals surface area (Å²) in [6, 6.07) is 12.2. The first-order valence-electron chi connectivity index (χ1n) is 11.0. The number of anilines is 1. The lowest BCUT2D eigenvalue weighted by Gasteiger charge is -2.20. The van der Waals surface area contributed by atoms with Crippen LogP contribution in [0.1, 0.15) is 29.3 Å². The Morgan fingerprint density at radius 3 is 2.49 bits per heavy atom. The van der Waals surface area contributed by atoms with E-state index in [0.717, 1.165) is 33.1 Å². The number of carbonyl (C=O) groups is 1. The number of para-hydroxylation sites is 1. The van der Waals surface area contributed by atoms with Gasteiger partial charge in [-0.05, 0) is 48.7 Å². The smallest absolute Gasteiger partial charge is 0.260 e. The van der Waals surface area contributed by atoms with Crippen LogP contribution in [0.2, 0.25) is 0 Å². The fourth-order valence-corrected chi connectivity index (χ4v) is 5.58. The largest absolute Gasteiger partial charge is 0.337 e. The molecule has 0 bridgehead atoms. The molecule has 1 amide bonds. The van der Waals surface area contributed by atoms with Crippen LogP contribution in [-0.2, 0) is 23.0 Å². The lowest BCUT2D eigenvalue weighted by Crippen LogP contribution is -2.32. The molecule has 0 N–H and O–H groups in total. The monoisotopic (exact) mass is 533 g/mol. The number of sulfonamides is 1. The number of hydrogen-bond acceptors (Lipinski definition) is 6. The summed E-state index contributed by atoms with van der Waals surface area (Å²) < 4.78 is 29.0. The first-order valence-corrected chi connectivity index (χ1v) is 13.3. The molecule has 4 aromatic rings. The molecule has 11 heteroatoms. The van der Waals surface area contributed by atoms with E-state index in [1.807, 2.05) is 22.9 Å². The van der Waals surface area contributed by atoms with Crippen molar-refractivity contribution in [2.75, 3.05) is 25.5 Å². The fraction of sp³-hybridized carbons (Fsp3) is 0.292. The minimum Gasteiger partial charge on any atom is -0.337 e. The molecule has 0 radical (unpaired) electrons. The Morgan fingerprint density at radius 2 is 1.86 bits per heavy atom. The third kappa shape index (κ3) is 5.72. The molecule has 0 fully saturated rings. The molecule has 0 aliphatic carbocycles. The zero-order valence-electron chi connectivity index (χ0n) is 19.8. The van der Waals surface area contributed by atoms with E-state index in [2.05, 4.69) is 18.0 Å². The summed E-state index contributed by atoms with van der Waals surface area (Å²) in [4.78, 5) is 24.3. The summed E-state index contributed by atoms with van der Waals surface area (Å²) in [7, 11) is -0.606. The molecule has 0 spiro atoms. The molecular formula is C24H28ClN5O3S2. The molecule has 0 saturated heterocycles. The summed E-state index contributed by atoms with van der Waals surface area (Å²) in [5.41, 5.74) is 2.48. The molecular weight excluding hydrogens is 506 g/mol. The van der Waals surface area contributed by atoms with E-state index < -0.39 is 10.0 Å². The number of halogens is 1. The Labute approximate surface area is 215 Å². The number of nitrogens with zero attached hydrogens (tertiary/aromatic N) is 5. The lowest BCUT2D eigenvalue weighted by atomic mass is 10.1. The van der Waals surface area contributed by atoms with E-state index >= 15 is 0 Å². The van der Waals surface area contributed by atoms with Crippen molar-refractivity contribution in [2.24, 2.45) is 0 Å². The molecule has 2 aromatic heterocycles. The second-order valence-electron chi connectivity index (χ2n) is 8.04. The molecule has 4 rings (SSSR count). The Bertz CT molecular complexity index is 1380. The molecule has 0 saturated carbocycles. The van der Waals surface area contributed by atoms with Gasteiger partial charge in [0.25, 0.3) is 5.91 Å². The number of fused-ring (bicyclic) bond motifs is 1. The Balaban J connectivity index is 0.00000342. The summed E-state index contributed by atoms with van der Waals surface area (Å²) in [5, 5.41) is 0.636. The minimum atomic E-state index is -3.57. The van der Waals surface area contributed by atoms with Crippen LogP contribution in [0.3, 0.4) is 0 Å². The number of aryl methyl sites for hydroxylation is 2. The van der Waals surface area contributed by atoms with Crippen molar-refractivity contribution in [1.82, 2.24) is 18.8 Å². The molecule has 0 aliphatic rings. The topological polar surface area (TPSA) is 88.4 Å². The zero-order chi connectivity index (χ0) is 24.3. The van der Waals surface area contributed by atoms with Crippen LogP contribution < -0.4 is 4.90 Å². The summed E-state index contributed by atoms with van der Waals surface area (Å²) in [5.74, 6) is -0.212. The maximum Gasteiger partial charge on any atom is 0.260 e. The van der Waals surface area contributed by atoms with Crippen molar-refractivity contribution >= 4 is 55.0 Å². The molecule has 2 heterocycles. The van der Waals surface area contributed by atoms with Crippen molar-refractivity contribution in [2.45, 2.75) is 31.2 Å². The molecule has 0 atom stereocenters. The number of carbonyl (C=O) groups excluding carboxylic acids is 1. The van der Waals surface area contributed by atoms with E-state index in [1.54, 1.807) is 29.6 Å². The number of aromatic nitrogens is 3. The van der Waals surface area contributed by atoms with Gasteiger partial charge in [0.1, 0.15) is 0 Å². The molecule has 35 heavy (non-hydrogen) atoms. The van der Waals surface area contributed by atoms with Crippen molar-refractivity contribution in [3.63, 3.8) is 0 Å². The van der Waals surface area contributed by atoms with Gasteiger partial charge in [-0.25, -0.2) is 22.7 Å². The third-order valence-electron chi connectivity index (χ3n) is 5.59. The Kier molecular flexibility index (Phi) is 8.65. The average molecular weight is 534 g/mol. The molecule has 186 valence electrons. The minimum absolute atomic E-state index is 0.